The van der Waals surface area contributed by atoms with Crippen molar-refractivity contribution in [1.29, 1.82) is 0 Å². The monoisotopic (exact) mass is 210 g/mol. The summed E-state index contributed by atoms with van der Waals surface area (Å²) in [7, 11) is 0. The van der Waals surface area contributed by atoms with Gasteiger partial charge >= 0.3 is 0 Å². The van der Waals surface area contributed by atoms with Crippen molar-refractivity contribution in [2.75, 3.05) is 6.26 Å². The van der Waals surface area contributed by atoms with Crippen LogP contribution in [0.3, 0.4) is 0 Å². The first-order valence-electron chi connectivity index (χ1n) is 4.76. The molecule has 0 aliphatic carbocycles. The van der Waals surface area contributed by atoms with Gasteiger partial charge in [-0.1, -0.05) is 32.5 Å². The third kappa shape index (κ3) is 2.27. The molecule has 0 saturated carbocycles. The van der Waals surface area contributed by atoms with Gasteiger partial charge in [-0.3, -0.25) is 0 Å². The zero-order valence-electron chi connectivity index (χ0n) is 9.80. The predicted octanol–water partition coefficient (Wildman–Crippen LogP) is 3.11. The highest BCUT2D eigenvalue weighted by Crippen LogP contribution is 2.26. The molecule has 0 N–H and O–H groups in total. The number of hydrogen-bond acceptors (Lipinski definition) is 3. The van der Waals surface area contributed by atoms with Crippen molar-refractivity contribution in [3.63, 3.8) is 0 Å². The van der Waals surface area contributed by atoms with E-state index in [1.165, 1.54) is 5.56 Å². The summed E-state index contributed by atoms with van der Waals surface area (Å²) in [5, 5.41) is 0.873. The summed E-state index contributed by atoms with van der Waals surface area (Å²) in [6, 6.07) is 0. The number of thioether (sulfide) groups is 1. The lowest BCUT2D eigenvalue weighted by Gasteiger charge is -2.21. The van der Waals surface area contributed by atoms with Gasteiger partial charge in [0.2, 0.25) is 0 Å². The van der Waals surface area contributed by atoms with Crippen molar-refractivity contribution in [2.24, 2.45) is 0 Å². The lowest BCUT2D eigenvalue weighted by Crippen LogP contribution is -2.17. The van der Waals surface area contributed by atoms with Crippen LogP contribution in [0.2, 0.25) is 0 Å². The molecule has 0 bridgehead atoms. The number of aromatic nitrogens is 2. The highest BCUT2D eigenvalue weighted by atomic mass is 32.2. The summed E-state index contributed by atoms with van der Waals surface area (Å²) in [6.07, 6.45) is 2.01. The first-order chi connectivity index (χ1) is 6.36. The van der Waals surface area contributed by atoms with Gasteiger partial charge in [0, 0.05) is 11.1 Å². The number of rotatable bonds is 1. The number of hydrogen-bond donors (Lipinski definition) is 0. The molecule has 2 nitrogen and oxygen atoms in total. The zero-order chi connectivity index (χ0) is 10.9. The Morgan fingerprint density at radius 2 is 1.64 bits per heavy atom. The Hall–Kier alpha value is -0.570. The summed E-state index contributed by atoms with van der Waals surface area (Å²) in [5.74, 6) is 0. The summed E-state index contributed by atoms with van der Waals surface area (Å²) in [6.45, 7) is 10.7. The second kappa shape index (κ2) is 3.89. The Balaban J connectivity index is 3.35. The van der Waals surface area contributed by atoms with Crippen LogP contribution >= 0.6 is 11.8 Å². The van der Waals surface area contributed by atoms with Gasteiger partial charge in [-0.2, -0.15) is 0 Å². The SMILES string of the molecule is CSc1nc(C)c(C)c(C(C)(C)C)n1. The fourth-order valence-corrected chi connectivity index (χ4v) is 1.84. The molecule has 3 heteroatoms. The van der Waals surface area contributed by atoms with E-state index in [4.69, 9.17) is 0 Å². The van der Waals surface area contributed by atoms with Gasteiger partial charge in [0.1, 0.15) is 0 Å². The Bertz CT molecular complexity index is 340. The van der Waals surface area contributed by atoms with Crippen molar-refractivity contribution in [3.8, 4) is 0 Å². The van der Waals surface area contributed by atoms with E-state index in [1.807, 2.05) is 13.2 Å². The molecule has 1 heterocycles. The smallest absolute Gasteiger partial charge is 0.187 e. The highest BCUT2D eigenvalue weighted by Gasteiger charge is 2.20. The van der Waals surface area contributed by atoms with Crippen LogP contribution in [-0.2, 0) is 5.41 Å². The molecule has 1 rings (SSSR count). The minimum Gasteiger partial charge on any atom is -0.228 e. The molecular formula is C11H18N2S. The lowest BCUT2D eigenvalue weighted by atomic mass is 9.88. The predicted molar refractivity (Wildman–Crippen MR) is 62.0 cm³/mol. The first-order valence-corrected chi connectivity index (χ1v) is 5.98. The van der Waals surface area contributed by atoms with Gasteiger partial charge in [-0.05, 0) is 25.7 Å². The fourth-order valence-electron chi connectivity index (χ4n) is 1.42. The van der Waals surface area contributed by atoms with Gasteiger partial charge in [-0.25, -0.2) is 9.97 Å². The Kier molecular flexibility index (Phi) is 3.20. The number of aryl methyl sites for hydroxylation is 1. The maximum absolute atomic E-state index is 4.57. The molecular weight excluding hydrogens is 192 g/mol. The molecule has 0 fully saturated rings. The molecule has 0 radical (unpaired) electrons. The summed E-state index contributed by atoms with van der Waals surface area (Å²) in [5.41, 5.74) is 3.57. The van der Waals surface area contributed by atoms with Crippen LogP contribution < -0.4 is 0 Å². The molecule has 1 aromatic rings. The van der Waals surface area contributed by atoms with Crippen LogP contribution in [0.1, 0.15) is 37.7 Å². The molecule has 78 valence electrons. The van der Waals surface area contributed by atoms with E-state index in [0.29, 0.717) is 0 Å². The highest BCUT2D eigenvalue weighted by molar-refractivity contribution is 7.98. The minimum absolute atomic E-state index is 0.0995. The second-order valence-electron chi connectivity index (χ2n) is 4.52. The van der Waals surface area contributed by atoms with E-state index in [-0.39, 0.29) is 5.41 Å². The number of nitrogens with zero attached hydrogens (tertiary/aromatic N) is 2. The van der Waals surface area contributed by atoms with E-state index in [0.717, 1.165) is 16.5 Å². The van der Waals surface area contributed by atoms with Gasteiger partial charge in [0.15, 0.2) is 5.16 Å². The molecule has 0 saturated heterocycles. The van der Waals surface area contributed by atoms with Crippen molar-refractivity contribution in [3.05, 3.63) is 17.0 Å². The largest absolute Gasteiger partial charge is 0.228 e. The molecule has 0 aliphatic rings. The van der Waals surface area contributed by atoms with Gasteiger partial charge in [0.05, 0.1) is 5.69 Å². The lowest BCUT2D eigenvalue weighted by molar-refractivity contribution is 0.551. The van der Waals surface area contributed by atoms with E-state index in [2.05, 4.69) is 37.7 Å². The van der Waals surface area contributed by atoms with E-state index in [1.54, 1.807) is 11.8 Å². The average molecular weight is 210 g/mol. The summed E-state index contributed by atoms with van der Waals surface area (Å²) >= 11 is 1.60. The quantitative estimate of drug-likeness (QED) is 0.526. The van der Waals surface area contributed by atoms with Crippen molar-refractivity contribution in [1.82, 2.24) is 9.97 Å². The Morgan fingerprint density at radius 1 is 1.07 bits per heavy atom. The van der Waals surface area contributed by atoms with Crippen LogP contribution in [0.25, 0.3) is 0 Å². The van der Waals surface area contributed by atoms with Crippen LogP contribution in [0.5, 0.6) is 0 Å². The molecule has 0 amide bonds. The van der Waals surface area contributed by atoms with E-state index < -0.39 is 0 Å². The fraction of sp³-hybridized carbons (Fsp3) is 0.636. The van der Waals surface area contributed by atoms with Crippen molar-refractivity contribution < 1.29 is 0 Å². The van der Waals surface area contributed by atoms with Crippen LogP contribution in [0.4, 0.5) is 0 Å². The molecule has 0 unspecified atom stereocenters. The first kappa shape index (κ1) is 11.5. The molecule has 0 spiro atoms. The summed E-state index contributed by atoms with van der Waals surface area (Å²) in [4.78, 5) is 8.99. The van der Waals surface area contributed by atoms with Gasteiger partial charge < -0.3 is 0 Å². The van der Waals surface area contributed by atoms with E-state index >= 15 is 0 Å². The second-order valence-corrected chi connectivity index (χ2v) is 5.29. The van der Waals surface area contributed by atoms with E-state index in [9.17, 15) is 0 Å². The molecule has 0 aliphatic heterocycles. The normalized spacial score (nSPS) is 11.9. The van der Waals surface area contributed by atoms with Crippen molar-refractivity contribution in [2.45, 2.75) is 45.2 Å². The van der Waals surface area contributed by atoms with Gasteiger partial charge in [-0.15, -0.1) is 0 Å². The molecule has 1 aromatic heterocycles. The van der Waals surface area contributed by atoms with Crippen molar-refractivity contribution >= 4 is 11.8 Å². The third-order valence-corrected chi connectivity index (χ3v) is 2.81. The van der Waals surface area contributed by atoms with Gasteiger partial charge in [0.25, 0.3) is 0 Å². The topological polar surface area (TPSA) is 25.8 Å². The zero-order valence-corrected chi connectivity index (χ0v) is 10.6. The van der Waals surface area contributed by atoms with Crippen LogP contribution in [-0.4, -0.2) is 16.2 Å². The minimum atomic E-state index is 0.0995. The Labute approximate surface area is 90.5 Å². The third-order valence-electron chi connectivity index (χ3n) is 2.26. The maximum atomic E-state index is 4.57. The Morgan fingerprint density at radius 3 is 2.07 bits per heavy atom. The summed E-state index contributed by atoms with van der Waals surface area (Å²) < 4.78 is 0. The maximum Gasteiger partial charge on any atom is 0.187 e. The van der Waals surface area contributed by atoms with Crippen LogP contribution in [0.15, 0.2) is 5.16 Å². The molecule has 0 aromatic carbocycles. The average Bonchev–Trinajstić information content (AvgIpc) is 2.07. The molecule has 0 atom stereocenters. The van der Waals surface area contributed by atoms with Crippen LogP contribution in [0, 0.1) is 13.8 Å². The molecule has 14 heavy (non-hydrogen) atoms. The standard InChI is InChI=1S/C11H18N2S/c1-7-8(2)12-10(14-6)13-9(7)11(3,4)5/h1-6H3.